The van der Waals surface area contributed by atoms with Gasteiger partial charge in [-0.15, -0.1) is 0 Å². The quantitative estimate of drug-likeness (QED) is 0.0911. The van der Waals surface area contributed by atoms with Crippen molar-refractivity contribution in [1.29, 1.82) is 5.26 Å². The van der Waals surface area contributed by atoms with Crippen LogP contribution < -0.4 is 9.74 Å². The van der Waals surface area contributed by atoms with Crippen LogP contribution in [0.2, 0.25) is 18.1 Å². The molecule has 0 radical (unpaired) electrons. The summed E-state index contributed by atoms with van der Waals surface area (Å²) < 4.78 is 12.0. The average Bonchev–Trinajstić information content (AvgIpc) is 3.08. The first-order chi connectivity index (χ1) is 23.7. The van der Waals surface area contributed by atoms with Gasteiger partial charge in [0, 0.05) is 26.1 Å². The van der Waals surface area contributed by atoms with E-state index in [0.29, 0.717) is 42.0 Å². The standard InChI is InChI=1S/C38H45N3O8Si/c1-38(2,3)50(4,5)47-21-11-16-33-31-24-40(32-15-10-9-14-30(32)35(42)43)23-28(34(31)48-36(44)27-12-7-6-8-13-27)25-41(33,37(45)46)49-29-19-17-26(22-39)18-20-29/h6-10,12-15,17-20,28,31,33-34H,11,16,21,23-25H2,1-5H3,(H-,42,43,45,46)/p+1. The second-order valence-corrected chi connectivity index (χ2v) is 19.5. The number of benzene rings is 3. The summed E-state index contributed by atoms with van der Waals surface area (Å²) >= 11 is 0. The predicted octanol–water partition coefficient (Wildman–Crippen LogP) is 7.21. The fourth-order valence-electron chi connectivity index (χ4n) is 6.94. The maximum Gasteiger partial charge on any atom is 0.556 e. The first kappa shape index (κ1) is 36.6. The average molecular weight is 701 g/mol. The molecular formula is C38H46N3O8Si+. The van der Waals surface area contributed by atoms with Crippen molar-refractivity contribution in [2.24, 2.45) is 11.8 Å². The Hall–Kier alpha value is -4.70. The van der Waals surface area contributed by atoms with Gasteiger partial charge in [-0.2, -0.15) is 10.1 Å². The van der Waals surface area contributed by atoms with Crippen molar-refractivity contribution in [3.05, 3.63) is 95.6 Å². The van der Waals surface area contributed by atoms with Gasteiger partial charge in [-0.1, -0.05) is 51.1 Å². The number of aromatic carboxylic acids is 1. The fraction of sp³-hybridized carbons (Fsp3) is 0.421. The molecule has 2 heterocycles. The molecule has 12 heteroatoms. The van der Waals surface area contributed by atoms with E-state index < -0.39 is 55.0 Å². The lowest BCUT2D eigenvalue weighted by Crippen LogP contribution is -2.75. The van der Waals surface area contributed by atoms with E-state index in [-0.39, 0.29) is 30.2 Å². The predicted molar refractivity (Wildman–Crippen MR) is 189 cm³/mol. The summed E-state index contributed by atoms with van der Waals surface area (Å²) in [7, 11) is -2.10. The van der Waals surface area contributed by atoms with E-state index in [1.165, 1.54) is 0 Å². The van der Waals surface area contributed by atoms with Crippen molar-refractivity contribution >= 4 is 32.0 Å². The van der Waals surface area contributed by atoms with E-state index in [2.05, 4.69) is 39.9 Å². The molecule has 2 bridgehead atoms. The molecule has 0 aromatic heterocycles. The third-order valence-corrected chi connectivity index (χ3v) is 15.1. The van der Waals surface area contributed by atoms with E-state index in [1.807, 2.05) is 11.0 Å². The lowest BCUT2D eigenvalue weighted by atomic mass is 9.74. The Balaban J connectivity index is 1.57. The van der Waals surface area contributed by atoms with Crippen molar-refractivity contribution < 1.29 is 43.2 Å². The summed E-state index contributed by atoms with van der Waals surface area (Å²) in [6.07, 6.45) is -0.972. The number of rotatable bonds is 11. The third-order valence-electron chi connectivity index (χ3n) is 10.5. The highest BCUT2D eigenvalue weighted by Crippen LogP contribution is 2.45. The molecule has 2 fully saturated rings. The molecular weight excluding hydrogens is 655 g/mol. The van der Waals surface area contributed by atoms with Crippen LogP contribution in [0, 0.1) is 23.2 Å². The monoisotopic (exact) mass is 700 g/mol. The number of nitrogens with zero attached hydrogens (tertiary/aromatic N) is 3. The lowest BCUT2D eigenvalue weighted by molar-refractivity contribution is -1.05. The van der Waals surface area contributed by atoms with Crippen LogP contribution in [-0.2, 0) is 9.16 Å². The van der Waals surface area contributed by atoms with E-state index >= 15 is 0 Å². The van der Waals surface area contributed by atoms with Gasteiger partial charge in [0.2, 0.25) is 0 Å². The zero-order valence-electron chi connectivity index (χ0n) is 29.2. The number of carbonyl (C=O) groups is 3. The number of amides is 1. The van der Waals surface area contributed by atoms with Crippen molar-refractivity contribution in [2.45, 2.75) is 63.9 Å². The van der Waals surface area contributed by atoms with Crippen LogP contribution >= 0.6 is 0 Å². The molecule has 11 nitrogen and oxygen atoms in total. The highest BCUT2D eigenvalue weighted by atomic mass is 28.4. The first-order valence-electron chi connectivity index (χ1n) is 16.9. The van der Waals surface area contributed by atoms with Crippen molar-refractivity contribution in [3.63, 3.8) is 0 Å². The van der Waals surface area contributed by atoms with Crippen LogP contribution in [0.3, 0.4) is 0 Å². The highest BCUT2D eigenvalue weighted by Gasteiger charge is 2.64. The second kappa shape index (κ2) is 14.6. The maximum absolute atomic E-state index is 13.6. The Morgan fingerprint density at radius 2 is 1.62 bits per heavy atom. The number of carboxylic acid groups (broad SMARTS) is 2. The summed E-state index contributed by atoms with van der Waals surface area (Å²) in [5.41, 5.74) is 1.45. The molecule has 0 aliphatic carbocycles. The van der Waals surface area contributed by atoms with Gasteiger partial charge in [-0.3, -0.25) is 0 Å². The van der Waals surface area contributed by atoms with E-state index in [1.54, 1.807) is 72.8 Å². The minimum absolute atomic E-state index is 0.0111. The van der Waals surface area contributed by atoms with Gasteiger partial charge in [0.15, 0.2) is 14.1 Å². The SMILES string of the molecule is CC(C)(C)[Si](C)(C)OCCCC1C2CN(c3ccccc3C(=O)O)CC(C[N+]1(Oc1ccc(C#N)cc1)C(=O)O)C2OC(=O)c1ccccc1. The molecule has 5 unspecified atom stereocenters. The molecule has 3 aromatic carbocycles. The summed E-state index contributed by atoms with van der Waals surface area (Å²) in [5, 5.41) is 30.5. The van der Waals surface area contributed by atoms with E-state index in [0.717, 1.165) is 0 Å². The van der Waals surface area contributed by atoms with Crippen LogP contribution in [-0.4, -0.2) is 79.6 Å². The Bertz CT molecular complexity index is 1740. The summed E-state index contributed by atoms with van der Waals surface area (Å²) in [5.74, 6) is -2.40. The summed E-state index contributed by atoms with van der Waals surface area (Å²) in [6, 6.07) is 23.1. The van der Waals surface area contributed by atoms with Crippen LogP contribution in [0.25, 0.3) is 0 Å². The molecule has 2 saturated heterocycles. The topological polar surface area (TPSA) is 146 Å². The lowest BCUT2D eigenvalue weighted by Gasteiger charge is -2.54. The van der Waals surface area contributed by atoms with Crippen molar-refractivity contribution in [3.8, 4) is 11.8 Å². The molecule has 5 atom stereocenters. The summed E-state index contributed by atoms with van der Waals surface area (Å²) in [6.45, 7) is 11.6. The van der Waals surface area contributed by atoms with Crippen molar-refractivity contribution in [2.75, 3.05) is 31.1 Å². The summed E-state index contributed by atoms with van der Waals surface area (Å²) in [4.78, 5) is 47.9. The minimum Gasteiger partial charge on any atom is -0.478 e. The van der Waals surface area contributed by atoms with Gasteiger partial charge in [0.05, 0.1) is 40.3 Å². The van der Waals surface area contributed by atoms with Gasteiger partial charge < -0.3 is 29.1 Å². The number of hydrogen-bond acceptors (Lipinski definition) is 8. The molecule has 2 aliphatic heterocycles. The molecule has 1 amide bonds. The Morgan fingerprint density at radius 3 is 2.24 bits per heavy atom. The number of quaternary nitrogens is 1. The van der Waals surface area contributed by atoms with E-state index in [4.69, 9.17) is 14.0 Å². The molecule has 264 valence electrons. The van der Waals surface area contributed by atoms with Gasteiger partial charge in [-0.25, -0.2) is 9.59 Å². The number of para-hydroxylation sites is 1. The number of nitriles is 1. The fourth-order valence-corrected chi connectivity index (χ4v) is 8.03. The maximum atomic E-state index is 13.6. The van der Waals surface area contributed by atoms with Crippen LogP contribution in [0.5, 0.6) is 5.75 Å². The molecule has 0 spiro atoms. The number of fused-ring (bicyclic) bond motifs is 2. The molecule has 50 heavy (non-hydrogen) atoms. The van der Waals surface area contributed by atoms with Gasteiger partial charge in [0.25, 0.3) is 0 Å². The van der Waals surface area contributed by atoms with Crippen molar-refractivity contribution in [1.82, 2.24) is 0 Å². The first-order valence-corrected chi connectivity index (χ1v) is 19.9. The van der Waals surface area contributed by atoms with Crippen LogP contribution in [0.1, 0.15) is 59.9 Å². The number of anilines is 1. The smallest absolute Gasteiger partial charge is 0.478 e. The number of piperidine rings is 2. The molecule has 5 rings (SSSR count). The van der Waals surface area contributed by atoms with Gasteiger partial charge in [-0.05, 0) is 77.7 Å². The normalized spacial score (nSPS) is 23.4. The van der Waals surface area contributed by atoms with Gasteiger partial charge >= 0.3 is 18.0 Å². The third kappa shape index (κ3) is 7.55. The zero-order valence-corrected chi connectivity index (χ0v) is 30.2. The molecule has 2 N–H and O–H groups in total. The second-order valence-electron chi connectivity index (χ2n) is 14.7. The number of hydrogen-bond donors (Lipinski definition) is 2. The molecule has 2 aliphatic rings. The number of ether oxygens (including phenoxy) is 1. The number of carbonyl (C=O) groups excluding carboxylic acids is 1. The van der Waals surface area contributed by atoms with Crippen LogP contribution in [0.4, 0.5) is 10.5 Å². The van der Waals surface area contributed by atoms with Crippen LogP contribution in [0.15, 0.2) is 78.9 Å². The minimum atomic E-state index is -2.10. The number of hydroxylamine groups is 3. The van der Waals surface area contributed by atoms with E-state index in [9.17, 15) is 29.9 Å². The molecule has 0 saturated carbocycles. The Morgan fingerprint density at radius 1 is 0.960 bits per heavy atom. The highest BCUT2D eigenvalue weighted by molar-refractivity contribution is 6.74. The molecule has 3 aromatic rings. The number of likely N-dealkylation sites (tertiary alicyclic amines) is 1. The largest absolute Gasteiger partial charge is 0.556 e. The number of carboxylic acids is 1. The zero-order chi connectivity index (χ0) is 36.3. The number of esters is 1. The Labute approximate surface area is 294 Å². The Kier molecular flexibility index (Phi) is 10.7. The van der Waals surface area contributed by atoms with Gasteiger partial charge in [0.1, 0.15) is 18.7 Å².